The molecule has 19 heavy (non-hydrogen) atoms. The van der Waals surface area contributed by atoms with Crippen LogP contribution in [0.1, 0.15) is 5.56 Å². The number of methoxy groups -OCH3 is 2. The van der Waals surface area contributed by atoms with Crippen molar-refractivity contribution in [1.82, 2.24) is 0 Å². The molecule has 100 valence electrons. The molecule has 0 aromatic heterocycles. The molecule has 2 rings (SSSR count). The molecule has 0 aliphatic heterocycles. The number of rotatable bonds is 5. The predicted molar refractivity (Wildman–Crippen MR) is 77.2 cm³/mol. The van der Waals surface area contributed by atoms with Crippen LogP contribution in [0.15, 0.2) is 47.4 Å². The number of phenols is 1. The molecule has 0 radical (unpaired) electrons. The summed E-state index contributed by atoms with van der Waals surface area (Å²) in [6.07, 6.45) is 0. The highest BCUT2D eigenvalue weighted by Crippen LogP contribution is 2.31. The maximum absolute atomic E-state index is 9.41. The predicted octanol–water partition coefficient (Wildman–Crippen LogP) is 3.70. The summed E-state index contributed by atoms with van der Waals surface area (Å²) in [7, 11) is 3.25. The highest BCUT2D eigenvalue weighted by molar-refractivity contribution is 7.98. The van der Waals surface area contributed by atoms with Gasteiger partial charge in [-0.05, 0) is 35.9 Å². The van der Waals surface area contributed by atoms with Gasteiger partial charge < -0.3 is 14.6 Å². The maximum atomic E-state index is 9.41. The Morgan fingerprint density at radius 2 is 1.79 bits per heavy atom. The Balaban J connectivity index is 2.07. The number of ether oxygens (including phenoxy) is 2. The molecule has 1 N–H and O–H groups in total. The quantitative estimate of drug-likeness (QED) is 0.845. The van der Waals surface area contributed by atoms with Crippen LogP contribution in [0.5, 0.6) is 17.2 Å². The molecule has 0 atom stereocenters. The molecule has 0 fully saturated rings. The van der Waals surface area contributed by atoms with Gasteiger partial charge in [0.05, 0.1) is 14.2 Å². The molecular formula is C15H16O3S. The lowest BCUT2D eigenvalue weighted by Crippen LogP contribution is -1.91. The lowest BCUT2D eigenvalue weighted by Gasteiger charge is -2.09. The fraction of sp³-hybridized carbons (Fsp3) is 0.200. The van der Waals surface area contributed by atoms with E-state index in [2.05, 4.69) is 0 Å². The molecule has 0 bridgehead atoms. The van der Waals surface area contributed by atoms with E-state index in [9.17, 15) is 5.11 Å². The van der Waals surface area contributed by atoms with E-state index in [1.165, 1.54) is 0 Å². The molecule has 0 unspecified atom stereocenters. The highest BCUT2D eigenvalue weighted by atomic mass is 32.2. The molecule has 0 saturated heterocycles. The van der Waals surface area contributed by atoms with Crippen molar-refractivity contribution in [2.75, 3.05) is 14.2 Å². The summed E-state index contributed by atoms with van der Waals surface area (Å²) in [6.45, 7) is 0. The third-order valence-corrected chi connectivity index (χ3v) is 3.74. The van der Waals surface area contributed by atoms with Gasteiger partial charge >= 0.3 is 0 Å². The number of benzene rings is 2. The summed E-state index contributed by atoms with van der Waals surface area (Å²) in [6, 6.07) is 13.1. The third-order valence-electron chi connectivity index (χ3n) is 2.67. The van der Waals surface area contributed by atoms with Gasteiger partial charge in [-0.1, -0.05) is 12.1 Å². The fourth-order valence-electron chi connectivity index (χ4n) is 1.71. The van der Waals surface area contributed by atoms with Crippen LogP contribution in [0.25, 0.3) is 0 Å². The van der Waals surface area contributed by atoms with Gasteiger partial charge in [0, 0.05) is 10.6 Å². The Labute approximate surface area is 117 Å². The van der Waals surface area contributed by atoms with Crippen LogP contribution in [0, 0.1) is 0 Å². The van der Waals surface area contributed by atoms with Crippen molar-refractivity contribution < 1.29 is 14.6 Å². The van der Waals surface area contributed by atoms with Crippen LogP contribution < -0.4 is 9.47 Å². The average Bonchev–Trinajstić information content (AvgIpc) is 2.45. The van der Waals surface area contributed by atoms with Gasteiger partial charge in [0.15, 0.2) is 11.5 Å². The van der Waals surface area contributed by atoms with E-state index >= 15 is 0 Å². The molecule has 2 aromatic rings. The molecule has 4 heteroatoms. The number of hydrogen-bond donors (Lipinski definition) is 1. The molecule has 0 amide bonds. The maximum Gasteiger partial charge on any atom is 0.161 e. The van der Waals surface area contributed by atoms with E-state index in [1.54, 1.807) is 38.1 Å². The van der Waals surface area contributed by atoms with Crippen LogP contribution in [0.4, 0.5) is 0 Å². The van der Waals surface area contributed by atoms with Crippen molar-refractivity contribution in [3.63, 3.8) is 0 Å². The van der Waals surface area contributed by atoms with Gasteiger partial charge in [-0.3, -0.25) is 0 Å². The van der Waals surface area contributed by atoms with Gasteiger partial charge in [-0.2, -0.15) is 0 Å². The van der Waals surface area contributed by atoms with Gasteiger partial charge in [0.1, 0.15) is 5.75 Å². The minimum Gasteiger partial charge on any atom is -0.508 e. The van der Waals surface area contributed by atoms with Gasteiger partial charge in [-0.25, -0.2) is 0 Å². The molecule has 0 aliphatic carbocycles. The van der Waals surface area contributed by atoms with E-state index in [4.69, 9.17) is 9.47 Å². The smallest absolute Gasteiger partial charge is 0.161 e. The molecule has 0 heterocycles. The van der Waals surface area contributed by atoms with Crippen molar-refractivity contribution in [2.45, 2.75) is 10.6 Å². The molecule has 0 spiro atoms. The van der Waals surface area contributed by atoms with Crippen LogP contribution in [0.3, 0.4) is 0 Å². The largest absolute Gasteiger partial charge is 0.508 e. The average molecular weight is 276 g/mol. The summed E-state index contributed by atoms with van der Waals surface area (Å²) in [5.41, 5.74) is 1.14. The molecule has 0 saturated carbocycles. The molecule has 2 aromatic carbocycles. The standard InChI is InChI=1S/C15H16O3S/c1-17-14-7-6-11(8-15(14)18-2)10-19-13-5-3-4-12(16)9-13/h3-9,16H,10H2,1-2H3. The Bertz CT molecular complexity index is 555. The lowest BCUT2D eigenvalue weighted by molar-refractivity contribution is 0.354. The summed E-state index contributed by atoms with van der Waals surface area (Å²) < 4.78 is 10.5. The van der Waals surface area contributed by atoms with Crippen LogP contribution >= 0.6 is 11.8 Å². The first-order valence-electron chi connectivity index (χ1n) is 5.85. The van der Waals surface area contributed by atoms with E-state index in [0.29, 0.717) is 0 Å². The summed E-state index contributed by atoms with van der Waals surface area (Å²) in [5.74, 6) is 2.56. The number of aromatic hydroxyl groups is 1. The Morgan fingerprint density at radius 3 is 2.47 bits per heavy atom. The first kappa shape index (κ1) is 13.6. The number of phenolic OH excluding ortho intramolecular Hbond substituents is 1. The van der Waals surface area contributed by atoms with E-state index in [-0.39, 0.29) is 5.75 Å². The minimum atomic E-state index is 0.289. The highest BCUT2D eigenvalue weighted by Gasteiger charge is 2.05. The van der Waals surface area contributed by atoms with Crippen LogP contribution in [0.2, 0.25) is 0 Å². The lowest BCUT2D eigenvalue weighted by atomic mass is 10.2. The van der Waals surface area contributed by atoms with Crippen molar-refractivity contribution in [1.29, 1.82) is 0 Å². The van der Waals surface area contributed by atoms with Gasteiger partial charge in [0.25, 0.3) is 0 Å². The van der Waals surface area contributed by atoms with Crippen LogP contribution in [-0.4, -0.2) is 19.3 Å². The second-order valence-electron chi connectivity index (χ2n) is 3.98. The Kier molecular flexibility index (Phi) is 4.58. The van der Waals surface area contributed by atoms with Crippen LogP contribution in [-0.2, 0) is 5.75 Å². The zero-order valence-corrected chi connectivity index (χ0v) is 11.7. The first-order chi connectivity index (χ1) is 9.22. The normalized spacial score (nSPS) is 10.2. The second kappa shape index (κ2) is 6.38. The second-order valence-corrected chi connectivity index (χ2v) is 5.02. The van der Waals surface area contributed by atoms with Crippen molar-refractivity contribution in [3.05, 3.63) is 48.0 Å². The topological polar surface area (TPSA) is 38.7 Å². The minimum absolute atomic E-state index is 0.289. The summed E-state index contributed by atoms with van der Waals surface area (Å²) >= 11 is 1.66. The van der Waals surface area contributed by atoms with Crippen molar-refractivity contribution in [2.24, 2.45) is 0 Å². The van der Waals surface area contributed by atoms with E-state index in [0.717, 1.165) is 27.7 Å². The molecular weight excluding hydrogens is 260 g/mol. The Hall–Kier alpha value is -1.81. The SMILES string of the molecule is COc1ccc(CSc2cccc(O)c2)cc1OC. The molecule has 3 nitrogen and oxygen atoms in total. The van der Waals surface area contributed by atoms with Crippen molar-refractivity contribution in [3.8, 4) is 17.2 Å². The summed E-state index contributed by atoms with van der Waals surface area (Å²) in [5, 5.41) is 9.41. The third kappa shape index (κ3) is 3.58. The van der Waals surface area contributed by atoms with Gasteiger partial charge in [-0.15, -0.1) is 11.8 Å². The number of thioether (sulfide) groups is 1. The number of hydrogen-bond acceptors (Lipinski definition) is 4. The van der Waals surface area contributed by atoms with Crippen molar-refractivity contribution >= 4 is 11.8 Å². The first-order valence-corrected chi connectivity index (χ1v) is 6.84. The molecule has 0 aliphatic rings. The van der Waals surface area contributed by atoms with Gasteiger partial charge in [0.2, 0.25) is 0 Å². The Morgan fingerprint density at radius 1 is 1.00 bits per heavy atom. The zero-order valence-electron chi connectivity index (χ0n) is 10.9. The summed E-state index contributed by atoms with van der Waals surface area (Å²) in [4.78, 5) is 1.04. The zero-order chi connectivity index (χ0) is 13.7. The fourth-order valence-corrected chi connectivity index (χ4v) is 2.60. The van der Waals surface area contributed by atoms with E-state index < -0.39 is 0 Å². The monoisotopic (exact) mass is 276 g/mol. The van der Waals surface area contributed by atoms with E-state index in [1.807, 2.05) is 30.3 Å².